The van der Waals surface area contributed by atoms with Crippen LogP contribution in [0.15, 0.2) is 22.7 Å². The lowest BCUT2D eigenvalue weighted by atomic mass is 9.77. The van der Waals surface area contributed by atoms with Crippen LogP contribution in [-0.2, 0) is 6.54 Å². The van der Waals surface area contributed by atoms with Crippen molar-refractivity contribution in [3.05, 3.63) is 28.2 Å². The smallest absolute Gasteiger partial charge is 0.0458 e. The topological polar surface area (TPSA) is 29.3 Å². The largest absolute Gasteiger partial charge is 0.398 e. The molecule has 0 amide bonds. The summed E-state index contributed by atoms with van der Waals surface area (Å²) in [6, 6.07) is 6.32. The molecule has 1 aromatic rings. The normalized spacial score (nSPS) is 23.0. The van der Waals surface area contributed by atoms with Gasteiger partial charge in [-0.05, 0) is 77.8 Å². The number of hydrogen-bond donors (Lipinski definition) is 1. The average molecular weight is 323 g/mol. The van der Waals surface area contributed by atoms with E-state index in [1.165, 1.54) is 57.2 Å². The van der Waals surface area contributed by atoms with Gasteiger partial charge in [-0.25, -0.2) is 0 Å². The molecule has 1 aliphatic carbocycles. The number of halogens is 1. The van der Waals surface area contributed by atoms with Crippen LogP contribution in [-0.4, -0.2) is 18.0 Å². The van der Waals surface area contributed by atoms with Crippen LogP contribution in [0.25, 0.3) is 0 Å². The minimum absolute atomic E-state index is 0.720. The lowest BCUT2D eigenvalue weighted by molar-refractivity contribution is 0.103. The first-order chi connectivity index (χ1) is 9.17. The first kappa shape index (κ1) is 13.4. The van der Waals surface area contributed by atoms with Crippen molar-refractivity contribution in [2.75, 3.05) is 18.8 Å². The Hall–Kier alpha value is -0.540. The molecule has 0 bridgehead atoms. The molecule has 3 rings (SSSR count). The summed E-state index contributed by atoms with van der Waals surface area (Å²) in [7, 11) is 0. The molecule has 1 heterocycles. The quantitative estimate of drug-likeness (QED) is 0.827. The molecule has 1 aromatic carbocycles. The van der Waals surface area contributed by atoms with Crippen LogP contribution in [0, 0.1) is 5.41 Å². The van der Waals surface area contributed by atoms with E-state index in [1.807, 2.05) is 6.07 Å². The van der Waals surface area contributed by atoms with Gasteiger partial charge in [0.05, 0.1) is 0 Å². The molecule has 2 N–H and O–H groups in total. The maximum atomic E-state index is 5.84. The summed E-state index contributed by atoms with van der Waals surface area (Å²) in [5.74, 6) is 0. The summed E-state index contributed by atoms with van der Waals surface area (Å²) < 4.78 is 1.02. The molecule has 1 saturated carbocycles. The molecule has 19 heavy (non-hydrogen) atoms. The molecule has 0 radical (unpaired) electrons. The van der Waals surface area contributed by atoms with E-state index in [1.54, 1.807) is 0 Å². The molecule has 0 aromatic heterocycles. The van der Waals surface area contributed by atoms with E-state index in [-0.39, 0.29) is 0 Å². The molecule has 104 valence electrons. The Kier molecular flexibility index (Phi) is 3.86. The summed E-state index contributed by atoms with van der Waals surface area (Å²) in [5.41, 5.74) is 8.75. The molecule has 2 aliphatic rings. The van der Waals surface area contributed by atoms with Crippen molar-refractivity contribution in [1.29, 1.82) is 0 Å². The van der Waals surface area contributed by atoms with Gasteiger partial charge in [0.15, 0.2) is 0 Å². The number of hydrogen-bond acceptors (Lipinski definition) is 2. The van der Waals surface area contributed by atoms with Crippen molar-refractivity contribution in [3.8, 4) is 0 Å². The summed E-state index contributed by atoms with van der Waals surface area (Å²) in [6.07, 6.45) is 8.70. The fraction of sp³-hybridized carbons (Fsp3) is 0.625. The summed E-state index contributed by atoms with van der Waals surface area (Å²) in [5, 5.41) is 0. The number of likely N-dealkylation sites (tertiary alicyclic amines) is 1. The Morgan fingerprint density at radius 2 is 1.79 bits per heavy atom. The highest BCUT2D eigenvalue weighted by Crippen LogP contribution is 2.46. The van der Waals surface area contributed by atoms with Crippen molar-refractivity contribution in [2.24, 2.45) is 5.41 Å². The molecular formula is C16H23BrN2. The van der Waals surface area contributed by atoms with Crippen LogP contribution in [0.2, 0.25) is 0 Å². The van der Waals surface area contributed by atoms with Gasteiger partial charge in [0.25, 0.3) is 0 Å². The van der Waals surface area contributed by atoms with Gasteiger partial charge in [0, 0.05) is 16.7 Å². The molecule has 2 nitrogen and oxygen atoms in total. The first-order valence-corrected chi connectivity index (χ1v) is 8.23. The molecule has 1 spiro atoms. The van der Waals surface area contributed by atoms with E-state index in [0.29, 0.717) is 0 Å². The monoisotopic (exact) mass is 322 g/mol. The highest BCUT2D eigenvalue weighted by molar-refractivity contribution is 9.10. The third-order valence-electron chi connectivity index (χ3n) is 5.05. The van der Waals surface area contributed by atoms with Crippen molar-refractivity contribution >= 4 is 21.6 Å². The zero-order chi connectivity index (χ0) is 13.3. The Labute approximate surface area is 124 Å². The Morgan fingerprint density at radius 3 is 2.42 bits per heavy atom. The summed E-state index contributed by atoms with van der Waals surface area (Å²) >= 11 is 3.52. The van der Waals surface area contributed by atoms with Crippen LogP contribution < -0.4 is 5.73 Å². The standard InChI is InChI=1S/C16H23BrN2/c17-14-11-13(3-4-15(14)18)12-19-9-7-16(8-10-19)5-1-2-6-16/h3-4,11H,1-2,5-10,12,18H2. The van der Waals surface area contributed by atoms with Crippen LogP contribution in [0.5, 0.6) is 0 Å². The molecule has 3 heteroatoms. The average Bonchev–Trinajstić information content (AvgIpc) is 2.86. The van der Waals surface area contributed by atoms with Gasteiger partial charge >= 0.3 is 0 Å². The second kappa shape index (κ2) is 5.45. The van der Waals surface area contributed by atoms with E-state index in [0.717, 1.165) is 22.1 Å². The summed E-state index contributed by atoms with van der Waals surface area (Å²) in [6.45, 7) is 3.60. The zero-order valence-corrected chi connectivity index (χ0v) is 13.1. The van der Waals surface area contributed by atoms with E-state index in [4.69, 9.17) is 5.73 Å². The summed E-state index contributed by atoms with van der Waals surface area (Å²) in [4.78, 5) is 2.60. The molecule has 1 aliphatic heterocycles. The minimum atomic E-state index is 0.720. The van der Waals surface area contributed by atoms with E-state index in [2.05, 4.69) is 33.0 Å². The van der Waals surface area contributed by atoms with Crippen molar-refractivity contribution in [3.63, 3.8) is 0 Å². The van der Waals surface area contributed by atoms with Crippen LogP contribution in [0.3, 0.4) is 0 Å². The molecule has 0 unspecified atom stereocenters. The predicted octanol–water partition coefficient (Wildman–Crippen LogP) is 4.19. The number of anilines is 1. The van der Waals surface area contributed by atoms with Crippen molar-refractivity contribution in [2.45, 2.75) is 45.1 Å². The number of benzene rings is 1. The third kappa shape index (κ3) is 2.97. The number of nitrogen functional groups attached to an aromatic ring is 1. The van der Waals surface area contributed by atoms with Gasteiger partial charge in [-0.1, -0.05) is 18.9 Å². The van der Waals surface area contributed by atoms with Gasteiger partial charge in [0.1, 0.15) is 0 Å². The van der Waals surface area contributed by atoms with Gasteiger partial charge in [-0.15, -0.1) is 0 Å². The van der Waals surface area contributed by atoms with Crippen molar-refractivity contribution < 1.29 is 0 Å². The fourth-order valence-corrected chi connectivity index (χ4v) is 4.16. The van der Waals surface area contributed by atoms with Crippen molar-refractivity contribution in [1.82, 2.24) is 4.90 Å². The molecule has 0 atom stereocenters. The first-order valence-electron chi connectivity index (χ1n) is 7.43. The number of rotatable bonds is 2. The second-order valence-corrected chi connectivity index (χ2v) is 7.19. The Balaban J connectivity index is 1.58. The molecule has 1 saturated heterocycles. The Bertz CT molecular complexity index is 442. The number of piperidine rings is 1. The lowest BCUT2D eigenvalue weighted by Gasteiger charge is -2.39. The van der Waals surface area contributed by atoms with Gasteiger partial charge < -0.3 is 5.73 Å². The molecular weight excluding hydrogens is 300 g/mol. The van der Waals surface area contributed by atoms with Crippen LogP contribution in [0.1, 0.15) is 44.1 Å². The van der Waals surface area contributed by atoms with Gasteiger partial charge in [0.2, 0.25) is 0 Å². The fourth-order valence-electron chi connectivity index (χ4n) is 3.74. The second-order valence-electron chi connectivity index (χ2n) is 6.34. The molecule has 2 fully saturated rings. The predicted molar refractivity (Wildman–Crippen MR) is 84.0 cm³/mol. The number of nitrogens with zero attached hydrogens (tertiary/aromatic N) is 1. The SMILES string of the molecule is Nc1ccc(CN2CCC3(CCCC3)CC2)cc1Br. The van der Waals surface area contributed by atoms with E-state index >= 15 is 0 Å². The highest BCUT2D eigenvalue weighted by Gasteiger charge is 2.36. The maximum Gasteiger partial charge on any atom is 0.0458 e. The van der Waals surface area contributed by atoms with Gasteiger partial charge in [-0.2, -0.15) is 0 Å². The zero-order valence-electron chi connectivity index (χ0n) is 11.5. The Morgan fingerprint density at radius 1 is 1.11 bits per heavy atom. The van der Waals surface area contributed by atoms with Crippen LogP contribution in [0.4, 0.5) is 5.69 Å². The third-order valence-corrected chi connectivity index (χ3v) is 5.74. The van der Waals surface area contributed by atoms with Gasteiger partial charge in [-0.3, -0.25) is 4.90 Å². The van der Waals surface area contributed by atoms with Crippen LogP contribution >= 0.6 is 15.9 Å². The van der Waals surface area contributed by atoms with E-state index < -0.39 is 0 Å². The lowest BCUT2D eigenvalue weighted by Crippen LogP contribution is -2.38. The maximum absolute atomic E-state index is 5.84. The highest BCUT2D eigenvalue weighted by atomic mass is 79.9. The number of nitrogens with two attached hydrogens (primary N) is 1. The minimum Gasteiger partial charge on any atom is -0.398 e. The van der Waals surface area contributed by atoms with E-state index in [9.17, 15) is 0 Å².